The highest BCUT2D eigenvalue weighted by molar-refractivity contribution is 6.08. The van der Waals surface area contributed by atoms with Crippen molar-refractivity contribution in [2.75, 3.05) is 6.61 Å². The standard InChI is InChI=1S/C14H20O8/c1-5(2)12-11(19)13(6(3)20-12)22-14-10(18)9(17)8(16)7(4-15)21-14/h7-10,14-18H,4H2,1-3H3/t7-,8-,9+,10-,14-/m1/s1. The lowest BCUT2D eigenvalue weighted by Crippen LogP contribution is -2.59. The van der Waals surface area contributed by atoms with Gasteiger partial charge in [0.25, 0.3) is 5.78 Å². The van der Waals surface area contributed by atoms with Gasteiger partial charge in [0.15, 0.2) is 5.76 Å². The Bertz CT molecular complexity index is 517. The van der Waals surface area contributed by atoms with Gasteiger partial charge in [0.2, 0.25) is 12.0 Å². The molecular formula is C14H20O8. The normalized spacial score (nSPS) is 35.7. The van der Waals surface area contributed by atoms with E-state index in [4.69, 9.17) is 19.3 Å². The SMILES string of the molecule is CC(C)=C1OC(C)=C(O[C@H]2O[C@H](CO)[C@@H](O)[C@H](O)[C@H]2O)C1=O. The second kappa shape index (κ2) is 6.35. The van der Waals surface area contributed by atoms with E-state index in [0.717, 1.165) is 0 Å². The Morgan fingerprint density at radius 1 is 1.18 bits per heavy atom. The minimum atomic E-state index is -1.58. The van der Waals surface area contributed by atoms with Crippen LogP contribution in [0, 0.1) is 0 Å². The van der Waals surface area contributed by atoms with Crippen molar-refractivity contribution in [3.8, 4) is 0 Å². The smallest absolute Gasteiger partial charge is 0.266 e. The van der Waals surface area contributed by atoms with E-state index in [1.807, 2.05) is 0 Å². The molecule has 2 rings (SSSR count). The number of aliphatic hydroxyl groups excluding tert-OH is 4. The first-order chi connectivity index (χ1) is 10.3. The van der Waals surface area contributed by atoms with E-state index >= 15 is 0 Å². The van der Waals surface area contributed by atoms with Crippen LogP contribution < -0.4 is 0 Å². The van der Waals surface area contributed by atoms with Crippen molar-refractivity contribution in [2.45, 2.75) is 51.5 Å². The van der Waals surface area contributed by atoms with Gasteiger partial charge in [0.1, 0.15) is 30.2 Å². The molecule has 1 saturated heterocycles. The number of allylic oxidation sites excluding steroid dienone is 2. The topological polar surface area (TPSA) is 126 Å². The summed E-state index contributed by atoms with van der Waals surface area (Å²) in [5, 5.41) is 38.4. The maximum absolute atomic E-state index is 12.2. The molecule has 0 aromatic heterocycles. The Morgan fingerprint density at radius 3 is 2.32 bits per heavy atom. The number of hydrogen-bond donors (Lipinski definition) is 4. The molecule has 0 unspecified atom stereocenters. The van der Waals surface area contributed by atoms with Crippen LogP contribution in [0.3, 0.4) is 0 Å². The van der Waals surface area contributed by atoms with Gasteiger partial charge in [-0.05, 0) is 26.3 Å². The summed E-state index contributed by atoms with van der Waals surface area (Å²) >= 11 is 0. The molecule has 1 fully saturated rings. The van der Waals surface area contributed by atoms with Crippen LogP contribution in [0.2, 0.25) is 0 Å². The van der Waals surface area contributed by atoms with Gasteiger partial charge < -0.3 is 34.6 Å². The third kappa shape index (κ3) is 2.88. The Balaban J connectivity index is 2.18. The molecule has 0 aliphatic carbocycles. The molecule has 2 aliphatic rings. The fourth-order valence-corrected chi connectivity index (χ4v) is 2.26. The van der Waals surface area contributed by atoms with Gasteiger partial charge in [0.05, 0.1) is 6.61 Å². The lowest BCUT2D eigenvalue weighted by atomic mass is 9.99. The zero-order valence-electron chi connectivity index (χ0n) is 12.5. The number of rotatable bonds is 3. The number of carbonyl (C=O) groups excluding carboxylic acids is 1. The molecule has 0 aromatic rings. The zero-order valence-corrected chi connectivity index (χ0v) is 12.5. The summed E-state index contributed by atoms with van der Waals surface area (Å²) in [6, 6.07) is 0. The molecule has 8 heteroatoms. The van der Waals surface area contributed by atoms with E-state index in [9.17, 15) is 20.1 Å². The lowest BCUT2D eigenvalue weighted by Gasteiger charge is -2.39. The first kappa shape index (κ1) is 16.9. The molecule has 0 saturated carbocycles. The van der Waals surface area contributed by atoms with Crippen LogP contribution in [-0.2, 0) is 19.0 Å². The van der Waals surface area contributed by atoms with Crippen molar-refractivity contribution in [3.63, 3.8) is 0 Å². The highest BCUT2D eigenvalue weighted by Gasteiger charge is 2.46. The molecule has 0 bridgehead atoms. The Labute approximate surface area is 127 Å². The summed E-state index contributed by atoms with van der Waals surface area (Å²) in [5.41, 5.74) is 0.664. The number of ether oxygens (including phenoxy) is 3. The molecule has 8 nitrogen and oxygen atoms in total. The largest absolute Gasteiger partial charge is 0.454 e. The molecule has 0 amide bonds. The first-order valence-electron chi connectivity index (χ1n) is 6.86. The summed E-state index contributed by atoms with van der Waals surface area (Å²) in [7, 11) is 0. The van der Waals surface area contributed by atoms with Crippen LogP contribution in [0.4, 0.5) is 0 Å². The van der Waals surface area contributed by atoms with E-state index in [-0.39, 0.29) is 17.3 Å². The minimum Gasteiger partial charge on any atom is -0.454 e. The maximum Gasteiger partial charge on any atom is 0.266 e. The molecule has 22 heavy (non-hydrogen) atoms. The fraction of sp³-hybridized carbons (Fsp3) is 0.643. The van der Waals surface area contributed by atoms with Crippen molar-refractivity contribution in [1.82, 2.24) is 0 Å². The van der Waals surface area contributed by atoms with E-state index in [1.165, 1.54) is 6.92 Å². The van der Waals surface area contributed by atoms with Crippen LogP contribution in [0.1, 0.15) is 20.8 Å². The number of Topliss-reactive ketones (excluding diaryl/α,β-unsaturated/α-hetero) is 1. The summed E-state index contributed by atoms with van der Waals surface area (Å²) in [6.07, 6.45) is -7.16. The van der Waals surface area contributed by atoms with Crippen molar-refractivity contribution >= 4 is 5.78 Å². The first-order valence-corrected chi connectivity index (χ1v) is 6.86. The molecule has 0 aromatic carbocycles. The summed E-state index contributed by atoms with van der Waals surface area (Å²) in [6.45, 7) is 4.36. The van der Waals surface area contributed by atoms with E-state index in [2.05, 4.69) is 0 Å². The molecule has 0 spiro atoms. The van der Waals surface area contributed by atoms with Crippen LogP contribution in [-0.4, -0.2) is 63.5 Å². The highest BCUT2D eigenvalue weighted by atomic mass is 16.7. The second-order valence-electron chi connectivity index (χ2n) is 5.46. The average molecular weight is 316 g/mol. The zero-order chi connectivity index (χ0) is 16.6. The third-order valence-corrected chi connectivity index (χ3v) is 3.52. The predicted molar refractivity (Wildman–Crippen MR) is 72.0 cm³/mol. The van der Waals surface area contributed by atoms with Gasteiger partial charge in [-0.1, -0.05) is 0 Å². The van der Waals surface area contributed by atoms with Crippen molar-refractivity contribution in [1.29, 1.82) is 0 Å². The van der Waals surface area contributed by atoms with Gasteiger partial charge in [-0.3, -0.25) is 4.79 Å². The van der Waals surface area contributed by atoms with Crippen LogP contribution in [0.5, 0.6) is 0 Å². The van der Waals surface area contributed by atoms with E-state index < -0.39 is 43.1 Å². The van der Waals surface area contributed by atoms with Crippen molar-refractivity contribution < 1.29 is 39.4 Å². The number of ketones is 1. The third-order valence-electron chi connectivity index (χ3n) is 3.52. The predicted octanol–water partition coefficient (Wildman–Crippen LogP) is -1.07. The van der Waals surface area contributed by atoms with Gasteiger partial charge >= 0.3 is 0 Å². The van der Waals surface area contributed by atoms with Gasteiger partial charge in [-0.2, -0.15) is 0 Å². The van der Waals surface area contributed by atoms with Crippen molar-refractivity contribution in [3.05, 3.63) is 22.9 Å². The number of carbonyl (C=O) groups is 1. The van der Waals surface area contributed by atoms with Gasteiger partial charge in [-0.15, -0.1) is 0 Å². The Hall–Kier alpha value is -1.45. The van der Waals surface area contributed by atoms with Gasteiger partial charge in [-0.25, -0.2) is 0 Å². The van der Waals surface area contributed by atoms with Crippen LogP contribution in [0.25, 0.3) is 0 Å². The Kier molecular flexibility index (Phi) is 4.88. The summed E-state index contributed by atoms with van der Waals surface area (Å²) < 4.78 is 15.8. The second-order valence-corrected chi connectivity index (χ2v) is 5.46. The fourth-order valence-electron chi connectivity index (χ4n) is 2.26. The number of hydrogen-bond acceptors (Lipinski definition) is 8. The van der Waals surface area contributed by atoms with Gasteiger partial charge in [0, 0.05) is 0 Å². The molecule has 2 aliphatic heterocycles. The monoisotopic (exact) mass is 316 g/mol. The van der Waals surface area contributed by atoms with E-state index in [1.54, 1.807) is 13.8 Å². The Morgan fingerprint density at radius 2 is 1.82 bits per heavy atom. The molecule has 124 valence electrons. The van der Waals surface area contributed by atoms with Crippen LogP contribution >= 0.6 is 0 Å². The number of aliphatic hydroxyl groups is 4. The average Bonchev–Trinajstić information content (AvgIpc) is 2.75. The molecule has 5 atom stereocenters. The quantitative estimate of drug-likeness (QED) is 0.485. The summed E-state index contributed by atoms with van der Waals surface area (Å²) in [5.74, 6) is -0.287. The molecule has 0 radical (unpaired) electrons. The lowest BCUT2D eigenvalue weighted by molar-refractivity contribution is -0.290. The van der Waals surface area contributed by atoms with Crippen LogP contribution in [0.15, 0.2) is 22.9 Å². The maximum atomic E-state index is 12.2. The van der Waals surface area contributed by atoms with Crippen molar-refractivity contribution in [2.24, 2.45) is 0 Å². The molecule has 4 N–H and O–H groups in total. The minimum absolute atomic E-state index is 0.136. The highest BCUT2D eigenvalue weighted by Crippen LogP contribution is 2.31. The van der Waals surface area contributed by atoms with E-state index in [0.29, 0.717) is 5.57 Å². The molecular weight excluding hydrogens is 296 g/mol. The molecule has 2 heterocycles. The summed E-state index contributed by atoms with van der Waals surface area (Å²) in [4.78, 5) is 12.2.